The lowest BCUT2D eigenvalue weighted by atomic mass is 9.56. The summed E-state index contributed by atoms with van der Waals surface area (Å²) < 4.78 is 27.5. The predicted octanol–water partition coefficient (Wildman–Crippen LogP) is -0.0856. The van der Waals surface area contributed by atoms with Crippen molar-refractivity contribution >= 4 is 29.0 Å². The monoisotopic (exact) mass is 740 g/mol. The highest BCUT2D eigenvalue weighted by atomic mass is 16.6. The predicted molar refractivity (Wildman–Crippen MR) is 181 cm³/mol. The molecule has 0 spiro atoms. The van der Waals surface area contributed by atoms with Gasteiger partial charge in [-0.15, -0.1) is 0 Å². The zero-order valence-corrected chi connectivity index (χ0v) is 29.6. The third-order valence-electron chi connectivity index (χ3n) is 10.6. The van der Waals surface area contributed by atoms with Crippen molar-refractivity contribution in [2.24, 2.45) is 4.99 Å². The van der Waals surface area contributed by atoms with Gasteiger partial charge in [-0.05, 0) is 37.1 Å². The minimum Gasteiger partial charge on any atom is -0.507 e. The summed E-state index contributed by atoms with van der Waals surface area (Å²) in [5.74, 6) is -7.00. The number of nitrogens with one attached hydrogen (secondary N) is 1. The lowest BCUT2D eigenvalue weighted by Gasteiger charge is -2.53. The first-order chi connectivity index (χ1) is 25.1. The minimum atomic E-state index is -3.25. The summed E-state index contributed by atoms with van der Waals surface area (Å²) in [6, 6.07) is 2.24. The highest BCUT2D eigenvalue weighted by molar-refractivity contribution is 6.31. The number of hydrogen-bond acceptors (Lipinski definition) is 16. The van der Waals surface area contributed by atoms with Crippen molar-refractivity contribution in [2.45, 2.75) is 68.2 Å². The van der Waals surface area contributed by atoms with Gasteiger partial charge in [-0.25, -0.2) is 4.79 Å². The van der Waals surface area contributed by atoms with Gasteiger partial charge in [0.05, 0.1) is 47.9 Å². The van der Waals surface area contributed by atoms with E-state index in [0.29, 0.717) is 0 Å². The number of aliphatic imine (C=N–C) groups is 1. The lowest BCUT2D eigenvalue weighted by molar-refractivity contribution is -0.236. The number of ether oxygens (including phenoxy) is 5. The molecule has 2 aromatic carbocycles. The van der Waals surface area contributed by atoms with Gasteiger partial charge in [-0.2, -0.15) is 0 Å². The smallest absolute Gasteiger partial charge is 0.339 e. The van der Waals surface area contributed by atoms with Crippen LogP contribution in [-0.2, 0) is 35.7 Å². The number of aromatic carboxylic acids is 1. The standard InChI is InChI=1S/C36H40N2O15/c1-13-9-15-10-20(39)36(52-6)32(45)23-17(31(44)35(36,48)24(15)27(42)21(13)34(46)47)11-16-22(26(23)41)18(37-7-8-49-3)12-19(25(16)40)38-33-30(51-5)28(43)29(50-4)14(2)53-33/h9,11-12,14,20,28-30,33,38-39,41-43,48H,7-8,10H2,1-6H3,(H,46,47). The summed E-state index contributed by atoms with van der Waals surface area (Å²) in [6.07, 6.45) is -5.94. The van der Waals surface area contributed by atoms with E-state index in [1.165, 1.54) is 40.4 Å². The first-order valence-corrected chi connectivity index (χ1v) is 16.6. The molecular weight excluding hydrogens is 700 g/mol. The second-order valence-electron chi connectivity index (χ2n) is 13.3. The molecule has 0 aromatic heterocycles. The number of aliphatic hydroxyl groups is 3. The Morgan fingerprint density at radius 2 is 1.68 bits per heavy atom. The average molecular weight is 741 g/mol. The third kappa shape index (κ3) is 5.25. The molecule has 8 unspecified atom stereocenters. The number of phenols is 2. The van der Waals surface area contributed by atoms with Crippen molar-refractivity contribution in [3.8, 4) is 11.5 Å². The molecule has 1 aliphatic heterocycles. The number of benzene rings is 2. The fourth-order valence-corrected chi connectivity index (χ4v) is 8.16. The van der Waals surface area contributed by atoms with Crippen LogP contribution in [-0.4, -0.2) is 144 Å². The van der Waals surface area contributed by atoms with Crippen molar-refractivity contribution in [1.82, 2.24) is 5.32 Å². The summed E-state index contributed by atoms with van der Waals surface area (Å²) in [7, 11) is 5.09. The van der Waals surface area contributed by atoms with Crippen molar-refractivity contribution in [1.29, 1.82) is 0 Å². The molecule has 0 radical (unpaired) electrons. The second-order valence-corrected chi connectivity index (χ2v) is 13.3. The van der Waals surface area contributed by atoms with E-state index in [1.807, 2.05) is 0 Å². The zero-order chi connectivity index (χ0) is 38.9. The van der Waals surface area contributed by atoms with Crippen LogP contribution in [0.15, 0.2) is 28.9 Å². The second kappa shape index (κ2) is 13.7. The van der Waals surface area contributed by atoms with Gasteiger partial charge >= 0.3 is 5.97 Å². The highest BCUT2D eigenvalue weighted by Gasteiger charge is 2.72. The fourth-order valence-electron chi connectivity index (χ4n) is 8.16. The van der Waals surface area contributed by atoms with Crippen LogP contribution >= 0.6 is 0 Å². The van der Waals surface area contributed by atoms with Crippen molar-refractivity contribution in [2.75, 3.05) is 41.6 Å². The number of carboxylic acid groups (broad SMARTS) is 1. The van der Waals surface area contributed by atoms with E-state index in [9.17, 15) is 49.8 Å². The Labute approximate surface area is 302 Å². The van der Waals surface area contributed by atoms with E-state index in [2.05, 4.69) is 10.3 Å². The Balaban J connectivity index is 1.56. The molecule has 6 rings (SSSR count). The van der Waals surface area contributed by atoms with Crippen LogP contribution in [0, 0.1) is 6.92 Å². The molecule has 1 saturated heterocycles. The Morgan fingerprint density at radius 1 is 1.00 bits per heavy atom. The molecule has 8 atom stereocenters. The molecule has 0 amide bonds. The highest BCUT2D eigenvalue weighted by Crippen LogP contribution is 2.56. The number of aryl methyl sites for hydroxylation is 1. The topological polar surface area (TPSA) is 260 Å². The summed E-state index contributed by atoms with van der Waals surface area (Å²) in [5, 5.41) is 71.0. The third-order valence-corrected chi connectivity index (χ3v) is 10.6. The average Bonchev–Trinajstić information content (AvgIpc) is 3.09. The number of rotatable bonds is 9. The number of fused-ring (bicyclic) bond motifs is 5. The molecule has 7 N–H and O–H groups in total. The van der Waals surface area contributed by atoms with Crippen LogP contribution in [0.3, 0.4) is 0 Å². The van der Waals surface area contributed by atoms with Crippen LogP contribution in [0.5, 0.6) is 11.5 Å². The fraction of sp³-hybridized carbons (Fsp3) is 0.472. The van der Waals surface area contributed by atoms with Gasteiger partial charge in [0, 0.05) is 51.6 Å². The number of carboxylic acids is 1. The van der Waals surface area contributed by atoms with Crippen LogP contribution in [0.2, 0.25) is 0 Å². The van der Waals surface area contributed by atoms with Gasteiger partial charge in [0.1, 0.15) is 35.4 Å². The summed E-state index contributed by atoms with van der Waals surface area (Å²) in [4.78, 5) is 60.3. The van der Waals surface area contributed by atoms with Gasteiger partial charge in [0.2, 0.25) is 17.3 Å². The van der Waals surface area contributed by atoms with Gasteiger partial charge in [0.25, 0.3) is 0 Å². The van der Waals surface area contributed by atoms with Crippen molar-refractivity contribution in [3.05, 3.63) is 68.4 Å². The van der Waals surface area contributed by atoms with Gasteiger partial charge in [0.15, 0.2) is 17.4 Å². The Kier molecular flexibility index (Phi) is 9.84. The number of carbonyl (C=O) groups excluding carboxylic acids is 3. The molecule has 17 heteroatoms. The van der Waals surface area contributed by atoms with E-state index >= 15 is 0 Å². The number of ketones is 3. The van der Waals surface area contributed by atoms with Crippen LogP contribution < -0.4 is 5.32 Å². The maximum atomic E-state index is 14.7. The lowest BCUT2D eigenvalue weighted by Crippen LogP contribution is -2.73. The number of methoxy groups -OCH3 is 4. The van der Waals surface area contributed by atoms with Crippen LogP contribution in [0.1, 0.15) is 70.6 Å². The van der Waals surface area contributed by atoms with Crippen LogP contribution in [0.25, 0.3) is 0 Å². The number of carbonyl (C=O) groups is 4. The Morgan fingerprint density at radius 3 is 2.28 bits per heavy atom. The molecule has 3 aliphatic carbocycles. The van der Waals surface area contributed by atoms with Crippen molar-refractivity contribution in [3.63, 3.8) is 0 Å². The Bertz CT molecular complexity index is 1990. The number of Topliss-reactive ketones (excluding diaryl/α,β-unsaturated/α-hetero) is 3. The molecule has 1 heterocycles. The number of phenolic OH excluding ortho intramolecular Hbond substituents is 1. The van der Waals surface area contributed by atoms with E-state index in [0.717, 1.165) is 13.2 Å². The quantitative estimate of drug-likeness (QED) is 0.166. The molecule has 17 nitrogen and oxygen atoms in total. The molecule has 1 fully saturated rings. The molecule has 53 heavy (non-hydrogen) atoms. The van der Waals surface area contributed by atoms with Gasteiger partial charge in [-0.1, -0.05) is 6.07 Å². The molecule has 4 aliphatic rings. The first-order valence-electron chi connectivity index (χ1n) is 16.6. The van der Waals surface area contributed by atoms with Gasteiger partial charge in [-0.3, -0.25) is 19.4 Å². The maximum Gasteiger partial charge on any atom is 0.339 e. The zero-order valence-electron chi connectivity index (χ0n) is 29.6. The minimum absolute atomic E-state index is 0.0143. The van der Waals surface area contributed by atoms with E-state index in [-0.39, 0.29) is 46.8 Å². The summed E-state index contributed by atoms with van der Waals surface area (Å²) in [6.45, 7) is 3.14. The van der Waals surface area contributed by atoms with E-state index < -0.39 is 111 Å². The first kappa shape index (κ1) is 38.1. The molecular formula is C36H40N2O15. The van der Waals surface area contributed by atoms with E-state index in [4.69, 9.17) is 23.7 Å². The number of aromatic hydroxyl groups is 2. The number of nitrogens with zero attached hydrogens (tertiary/aromatic N) is 1. The van der Waals surface area contributed by atoms with Crippen LogP contribution in [0.4, 0.5) is 0 Å². The molecule has 284 valence electrons. The summed E-state index contributed by atoms with van der Waals surface area (Å²) in [5.41, 5.74) is -9.67. The van der Waals surface area contributed by atoms with Gasteiger partial charge < -0.3 is 59.6 Å². The summed E-state index contributed by atoms with van der Waals surface area (Å²) >= 11 is 0. The molecule has 0 bridgehead atoms. The SMILES string of the molecule is COCCN=C1C=C(NC2OC(C)C(OC)C(O)C2OC)C(=O)c2cc3c(c(O)c21)C(=O)C1(OC)C(O)Cc2cc(C)c(C(=O)O)c(O)c2C1(O)C3=O. The number of hydrogen-bond donors (Lipinski definition) is 7. The normalized spacial score (nSPS) is 31.4. The Hall–Kier alpha value is -4.59. The number of aliphatic hydroxyl groups excluding tert-OH is 2. The van der Waals surface area contributed by atoms with E-state index in [1.54, 1.807) is 6.92 Å². The molecule has 2 aromatic rings. The van der Waals surface area contributed by atoms with Crippen molar-refractivity contribution < 1.29 is 73.5 Å². The maximum absolute atomic E-state index is 14.7. The number of allylic oxidation sites excluding steroid dienone is 2. The largest absolute Gasteiger partial charge is 0.507 e. The molecule has 0 saturated carbocycles.